The van der Waals surface area contributed by atoms with Crippen molar-refractivity contribution >= 4 is 17.8 Å². The third kappa shape index (κ3) is 3.14. The van der Waals surface area contributed by atoms with E-state index < -0.39 is 23.8 Å². The lowest BCUT2D eigenvalue weighted by molar-refractivity contribution is -0.139. The molecule has 0 bridgehead atoms. The van der Waals surface area contributed by atoms with Crippen LogP contribution in [0.3, 0.4) is 0 Å². The van der Waals surface area contributed by atoms with E-state index in [4.69, 9.17) is 10.5 Å². The van der Waals surface area contributed by atoms with E-state index in [-0.39, 0.29) is 6.61 Å². The van der Waals surface area contributed by atoms with Crippen molar-refractivity contribution in [2.24, 2.45) is 5.73 Å². The number of amides is 2. The van der Waals surface area contributed by atoms with Gasteiger partial charge in [0.1, 0.15) is 6.04 Å². The maximum atomic E-state index is 11.9. The number of esters is 1. The van der Waals surface area contributed by atoms with Crippen LogP contribution in [0.1, 0.15) is 23.2 Å². The van der Waals surface area contributed by atoms with Gasteiger partial charge in [0.05, 0.1) is 5.56 Å². The van der Waals surface area contributed by atoms with Crippen LogP contribution in [-0.4, -0.2) is 41.9 Å². The van der Waals surface area contributed by atoms with Crippen LogP contribution in [0.2, 0.25) is 0 Å². The highest BCUT2D eigenvalue weighted by atomic mass is 16.5. The first-order valence-corrected chi connectivity index (χ1v) is 6.40. The van der Waals surface area contributed by atoms with Gasteiger partial charge in [-0.05, 0) is 25.0 Å². The van der Waals surface area contributed by atoms with Crippen LogP contribution >= 0.6 is 0 Å². The third-order valence-corrected chi connectivity index (χ3v) is 3.24. The Morgan fingerprint density at radius 1 is 1.25 bits per heavy atom. The fraction of sp³-hybridized carbons (Fsp3) is 0.357. The van der Waals surface area contributed by atoms with Crippen molar-refractivity contribution in [2.75, 3.05) is 13.2 Å². The molecule has 0 aliphatic carbocycles. The number of rotatable bonds is 4. The SMILES string of the molecule is NC(=O)[C@@H]1CCCN1C(=O)COC(=O)c1ccccc1. The van der Waals surface area contributed by atoms with Crippen molar-refractivity contribution in [3.63, 3.8) is 0 Å². The van der Waals surface area contributed by atoms with Gasteiger partial charge in [-0.1, -0.05) is 18.2 Å². The second kappa shape index (κ2) is 6.18. The molecule has 1 aliphatic rings. The monoisotopic (exact) mass is 276 g/mol. The molecule has 1 fully saturated rings. The Morgan fingerprint density at radius 2 is 1.95 bits per heavy atom. The zero-order chi connectivity index (χ0) is 14.5. The highest BCUT2D eigenvalue weighted by Gasteiger charge is 2.32. The molecule has 1 aliphatic heterocycles. The topological polar surface area (TPSA) is 89.7 Å². The Kier molecular flexibility index (Phi) is 4.34. The molecule has 20 heavy (non-hydrogen) atoms. The van der Waals surface area contributed by atoms with E-state index in [2.05, 4.69) is 0 Å². The number of carbonyl (C=O) groups is 3. The predicted molar refractivity (Wildman–Crippen MR) is 70.7 cm³/mol. The lowest BCUT2D eigenvalue weighted by atomic mass is 10.2. The maximum absolute atomic E-state index is 11.9. The molecule has 2 N–H and O–H groups in total. The Hall–Kier alpha value is -2.37. The third-order valence-electron chi connectivity index (χ3n) is 3.24. The number of carbonyl (C=O) groups excluding carboxylic acids is 3. The molecule has 6 heteroatoms. The molecule has 1 saturated heterocycles. The van der Waals surface area contributed by atoms with Crippen LogP contribution in [0.4, 0.5) is 0 Å². The van der Waals surface area contributed by atoms with Gasteiger partial charge in [0.15, 0.2) is 6.61 Å². The number of nitrogens with two attached hydrogens (primary N) is 1. The van der Waals surface area contributed by atoms with Crippen LogP contribution in [0, 0.1) is 0 Å². The number of nitrogens with zero attached hydrogens (tertiary/aromatic N) is 1. The smallest absolute Gasteiger partial charge is 0.338 e. The summed E-state index contributed by atoms with van der Waals surface area (Å²) in [7, 11) is 0. The second-order valence-corrected chi connectivity index (χ2v) is 4.59. The molecule has 0 radical (unpaired) electrons. The summed E-state index contributed by atoms with van der Waals surface area (Å²) >= 11 is 0. The molecule has 106 valence electrons. The molecule has 1 aromatic carbocycles. The quantitative estimate of drug-likeness (QED) is 0.802. The average Bonchev–Trinajstić information content (AvgIpc) is 2.95. The molecule has 2 amide bonds. The first kappa shape index (κ1) is 14.0. The van der Waals surface area contributed by atoms with E-state index in [9.17, 15) is 14.4 Å². The molecular weight excluding hydrogens is 260 g/mol. The standard InChI is InChI=1S/C14H16N2O4/c15-13(18)11-7-4-8-16(11)12(17)9-20-14(19)10-5-2-1-3-6-10/h1-3,5-6,11H,4,7-9H2,(H2,15,18)/t11-/m0/s1. The highest BCUT2D eigenvalue weighted by molar-refractivity contribution is 5.92. The van der Waals surface area contributed by atoms with E-state index in [1.54, 1.807) is 30.3 Å². The highest BCUT2D eigenvalue weighted by Crippen LogP contribution is 2.17. The number of benzene rings is 1. The Bertz CT molecular complexity index is 515. The van der Waals surface area contributed by atoms with Crippen LogP contribution in [-0.2, 0) is 14.3 Å². The first-order valence-electron chi connectivity index (χ1n) is 6.40. The summed E-state index contributed by atoms with van der Waals surface area (Å²) in [5.41, 5.74) is 5.61. The summed E-state index contributed by atoms with van der Waals surface area (Å²) in [6.45, 7) is 0.0901. The van der Waals surface area contributed by atoms with Crippen LogP contribution in [0.5, 0.6) is 0 Å². The van der Waals surface area contributed by atoms with Gasteiger partial charge in [-0.15, -0.1) is 0 Å². The van der Waals surface area contributed by atoms with Crippen LogP contribution in [0.15, 0.2) is 30.3 Å². The zero-order valence-corrected chi connectivity index (χ0v) is 11.0. The van der Waals surface area contributed by atoms with E-state index in [0.29, 0.717) is 18.5 Å². The fourth-order valence-electron chi connectivity index (χ4n) is 2.23. The Balaban J connectivity index is 1.89. The van der Waals surface area contributed by atoms with Gasteiger partial charge in [0, 0.05) is 6.54 Å². The summed E-state index contributed by atoms with van der Waals surface area (Å²) < 4.78 is 4.95. The van der Waals surface area contributed by atoms with Gasteiger partial charge in [0.25, 0.3) is 5.91 Å². The normalized spacial score (nSPS) is 17.8. The van der Waals surface area contributed by atoms with Crippen molar-refractivity contribution in [3.05, 3.63) is 35.9 Å². The minimum Gasteiger partial charge on any atom is -0.452 e. The van der Waals surface area contributed by atoms with Crippen molar-refractivity contribution in [1.29, 1.82) is 0 Å². The van der Waals surface area contributed by atoms with Crippen LogP contribution in [0.25, 0.3) is 0 Å². The van der Waals surface area contributed by atoms with Gasteiger partial charge in [-0.2, -0.15) is 0 Å². The fourth-order valence-corrected chi connectivity index (χ4v) is 2.23. The van der Waals surface area contributed by atoms with Gasteiger partial charge < -0.3 is 15.4 Å². The molecule has 1 aromatic rings. The minimum absolute atomic E-state index is 0.377. The predicted octanol–water partition coefficient (Wildman–Crippen LogP) is 0.320. The molecular formula is C14H16N2O4. The molecule has 0 spiro atoms. The van der Waals surface area contributed by atoms with Crippen LogP contribution < -0.4 is 5.73 Å². The summed E-state index contributed by atoms with van der Waals surface area (Å²) in [5, 5.41) is 0. The largest absolute Gasteiger partial charge is 0.452 e. The van der Waals surface area contributed by atoms with Gasteiger partial charge in [-0.3, -0.25) is 9.59 Å². The van der Waals surface area contributed by atoms with Crippen molar-refractivity contribution in [2.45, 2.75) is 18.9 Å². The number of hydrogen-bond acceptors (Lipinski definition) is 4. The summed E-state index contributed by atoms with van der Waals surface area (Å²) in [5.74, 6) is -1.48. The maximum Gasteiger partial charge on any atom is 0.338 e. The van der Waals surface area contributed by atoms with Crippen molar-refractivity contribution in [3.8, 4) is 0 Å². The summed E-state index contributed by atoms with van der Waals surface area (Å²) in [4.78, 5) is 36.2. The minimum atomic E-state index is -0.585. The average molecular weight is 276 g/mol. The molecule has 0 unspecified atom stereocenters. The van der Waals surface area contributed by atoms with E-state index in [1.807, 2.05) is 0 Å². The summed E-state index contributed by atoms with van der Waals surface area (Å²) in [6.07, 6.45) is 1.29. The lowest BCUT2D eigenvalue weighted by Crippen LogP contribution is -2.45. The van der Waals surface area contributed by atoms with Gasteiger partial charge in [-0.25, -0.2) is 4.79 Å². The second-order valence-electron chi connectivity index (χ2n) is 4.59. The molecule has 0 aromatic heterocycles. The first-order chi connectivity index (χ1) is 9.59. The molecule has 6 nitrogen and oxygen atoms in total. The Labute approximate surface area is 116 Å². The van der Waals surface area contributed by atoms with Crippen molar-refractivity contribution < 1.29 is 19.1 Å². The van der Waals surface area contributed by atoms with E-state index in [0.717, 1.165) is 6.42 Å². The van der Waals surface area contributed by atoms with Crippen molar-refractivity contribution in [1.82, 2.24) is 4.90 Å². The lowest BCUT2D eigenvalue weighted by Gasteiger charge is -2.21. The molecule has 1 atom stereocenters. The van der Waals surface area contributed by atoms with E-state index >= 15 is 0 Å². The molecule has 2 rings (SSSR count). The number of likely N-dealkylation sites (tertiary alicyclic amines) is 1. The zero-order valence-electron chi connectivity index (χ0n) is 11.0. The number of ether oxygens (including phenoxy) is 1. The number of hydrogen-bond donors (Lipinski definition) is 1. The molecule has 0 saturated carbocycles. The van der Waals surface area contributed by atoms with E-state index in [1.165, 1.54) is 4.90 Å². The molecule has 1 heterocycles. The Morgan fingerprint density at radius 3 is 2.60 bits per heavy atom. The number of primary amides is 1. The van der Waals surface area contributed by atoms with Gasteiger partial charge >= 0.3 is 5.97 Å². The summed E-state index contributed by atoms with van der Waals surface area (Å²) in [6, 6.07) is 7.83. The van der Waals surface area contributed by atoms with Gasteiger partial charge in [0.2, 0.25) is 5.91 Å².